The van der Waals surface area contributed by atoms with Gasteiger partial charge >= 0.3 is 0 Å². The summed E-state index contributed by atoms with van der Waals surface area (Å²) in [6.45, 7) is 6.12. The molecule has 1 aliphatic carbocycles. The van der Waals surface area contributed by atoms with Crippen molar-refractivity contribution in [2.45, 2.75) is 50.6 Å². The molecule has 0 saturated heterocycles. The second-order valence-corrected chi connectivity index (χ2v) is 7.79. The average molecular weight is 311 g/mol. The number of anilines is 1. The van der Waals surface area contributed by atoms with Crippen LogP contribution in [0.1, 0.15) is 30.9 Å². The van der Waals surface area contributed by atoms with Crippen molar-refractivity contribution >= 4 is 15.7 Å². The van der Waals surface area contributed by atoms with Crippen LogP contribution >= 0.6 is 0 Å². The van der Waals surface area contributed by atoms with Gasteiger partial charge in [-0.15, -0.1) is 0 Å². The number of nitrogens with zero attached hydrogens (tertiary/aromatic N) is 1. The highest BCUT2D eigenvalue weighted by molar-refractivity contribution is 7.89. The minimum absolute atomic E-state index is 0.176. The molecule has 0 amide bonds. The Kier molecular flexibility index (Phi) is 4.60. The Labute approximate surface area is 127 Å². The maximum absolute atomic E-state index is 12.5. The lowest BCUT2D eigenvalue weighted by Crippen LogP contribution is -2.41. The van der Waals surface area contributed by atoms with E-state index in [0.717, 1.165) is 11.1 Å². The number of nitrogen functional groups attached to an aromatic ring is 1. The van der Waals surface area contributed by atoms with E-state index >= 15 is 0 Å². The molecule has 0 aromatic heterocycles. The van der Waals surface area contributed by atoms with E-state index in [1.807, 2.05) is 27.8 Å². The Morgan fingerprint density at radius 1 is 1.38 bits per heavy atom. The molecule has 6 heteroatoms. The molecule has 1 aromatic rings. The summed E-state index contributed by atoms with van der Waals surface area (Å²) in [7, 11) is -1.48. The maximum atomic E-state index is 12.5. The first kappa shape index (κ1) is 16.3. The molecule has 118 valence electrons. The van der Waals surface area contributed by atoms with Crippen molar-refractivity contribution < 1.29 is 8.42 Å². The number of sulfonamides is 1. The number of likely N-dealkylation sites (N-methyl/N-ethyl adjacent to an activating group) is 1. The Morgan fingerprint density at radius 3 is 2.57 bits per heavy atom. The third-order valence-corrected chi connectivity index (χ3v) is 5.87. The molecule has 1 unspecified atom stereocenters. The van der Waals surface area contributed by atoms with E-state index in [4.69, 9.17) is 5.73 Å². The van der Waals surface area contributed by atoms with Gasteiger partial charge in [0.25, 0.3) is 0 Å². The number of nitrogens with one attached hydrogen (secondary N) is 1. The number of rotatable bonds is 6. The Bertz CT molecular complexity index is 624. The summed E-state index contributed by atoms with van der Waals surface area (Å²) in [6, 6.07) is 4.10. The van der Waals surface area contributed by atoms with Crippen LogP contribution in [0.4, 0.5) is 5.69 Å². The molecule has 1 aliphatic rings. The normalized spacial score (nSPS) is 17.2. The van der Waals surface area contributed by atoms with Crippen LogP contribution in [0.3, 0.4) is 0 Å². The summed E-state index contributed by atoms with van der Waals surface area (Å²) >= 11 is 0. The predicted molar refractivity (Wildman–Crippen MR) is 85.8 cm³/mol. The standard InChI is InChI=1S/C15H25N3O2S/c1-10-7-13(16)8-15(12(10)3)21(19,20)17-9-11(2)18(4)14-5-6-14/h7-8,11,14,17H,5-6,9,16H2,1-4H3. The van der Waals surface area contributed by atoms with Crippen molar-refractivity contribution in [2.75, 3.05) is 19.3 Å². The molecule has 0 aliphatic heterocycles. The lowest BCUT2D eigenvalue weighted by Gasteiger charge is -2.24. The molecular weight excluding hydrogens is 286 g/mol. The first-order chi connectivity index (χ1) is 9.72. The van der Waals surface area contributed by atoms with E-state index < -0.39 is 10.0 Å². The Hall–Kier alpha value is -1.11. The van der Waals surface area contributed by atoms with Gasteiger partial charge in [-0.2, -0.15) is 0 Å². The molecule has 1 aromatic carbocycles. The number of aryl methyl sites for hydroxylation is 1. The van der Waals surface area contributed by atoms with Gasteiger partial charge in [0.15, 0.2) is 0 Å². The number of nitrogens with two attached hydrogens (primary N) is 1. The largest absolute Gasteiger partial charge is 0.399 e. The second kappa shape index (κ2) is 5.94. The van der Waals surface area contributed by atoms with Crippen LogP contribution in [0.25, 0.3) is 0 Å². The van der Waals surface area contributed by atoms with E-state index in [1.165, 1.54) is 18.9 Å². The van der Waals surface area contributed by atoms with Crippen LogP contribution in [0.5, 0.6) is 0 Å². The summed E-state index contributed by atoms with van der Waals surface area (Å²) < 4.78 is 27.7. The molecule has 1 atom stereocenters. The zero-order valence-corrected chi connectivity index (χ0v) is 14.0. The van der Waals surface area contributed by atoms with Gasteiger partial charge in [0.2, 0.25) is 10.0 Å². The molecule has 1 fully saturated rings. The molecular formula is C15H25N3O2S. The number of hydrogen-bond acceptors (Lipinski definition) is 4. The van der Waals surface area contributed by atoms with Crippen molar-refractivity contribution in [3.05, 3.63) is 23.3 Å². The zero-order valence-electron chi connectivity index (χ0n) is 13.2. The van der Waals surface area contributed by atoms with Crippen LogP contribution in [0.2, 0.25) is 0 Å². The van der Waals surface area contributed by atoms with Crippen LogP contribution in [0, 0.1) is 13.8 Å². The highest BCUT2D eigenvalue weighted by atomic mass is 32.2. The van der Waals surface area contributed by atoms with Crippen molar-refractivity contribution in [3.8, 4) is 0 Å². The first-order valence-electron chi connectivity index (χ1n) is 7.30. The number of benzene rings is 1. The minimum atomic E-state index is -3.53. The van der Waals surface area contributed by atoms with Gasteiger partial charge in [0.1, 0.15) is 0 Å². The van der Waals surface area contributed by atoms with E-state index in [-0.39, 0.29) is 10.9 Å². The van der Waals surface area contributed by atoms with Gasteiger partial charge in [-0.25, -0.2) is 13.1 Å². The average Bonchev–Trinajstić information content (AvgIpc) is 3.23. The molecule has 3 N–H and O–H groups in total. The van der Waals surface area contributed by atoms with E-state index in [1.54, 1.807) is 6.07 Å². The van der Waals surface area contributed by atoms with Gasteiger partial charge in [-0.3, -0.25) is 4.90 Å². The summed E-state index contributed by atoms with van der Waals surface area (Å²) in [5.74, 6) is 0. The van der Waals surface area contributed by atoms with E-state index in [2.05, 4.69) is 9.62 Å². The fraction of sp³-hybridized carbons (Fsp3) is 0.600. The summed E-state index contributed by atoms with van der Waals surface area (Å²) in [5, 5.41) is 0. The summed E-state index contributed by atoms with van der Waals surface area (Å²) in [6.07, 6.45) is 2.42. The van der Waals surface area contributed by atoms with Crippen LogP contribution in [-0.4, -0.2) is 39.0 Å². The van der Waals surface area contributed by atoms with Crippen LogP contribution in [0.15, 0.2) is 17.0 Å². The molecule has 0 radical (unpaired) electrons. The third kappa shape index (κ3) is 3.75. The minimum Gasteiger partial charge on any atom is -0.399 e. The molecule has 0 heterocycles. The maximum Gasteiger partial charge on any atom is 0.240 e. The fourth-order valence-electron chi connectivity index (χ4n) is 2.43. The third-order valence-electron chi connectivity index (χ3n) is 4.32. The van der Waals surface area contributed by atoms with Gasteiger partial charge in [0.05, 0.1) is 4.90 Å². The fourth-order valence-corrected chi connectivity index (χ4v) is 3.90. The van der Waals surface area contributed by atoms with E-state index in [0.29, 0.717) is 18.3 Å². The van der Waals surface area contributed by atoms with Crippen molar-refractivity contribution in [1.29, 1.82) is 0 Å². The second-order valence-electron chi connectivity index (χ2n) is 6.06. The first-order valence-corrected chi connectivity index (χ1v) is 8.79. The van der Waals surface area contributed by atoms with Gasteiger partial charge in [-0.05, 0) is 63.9 Å². The van der Waals surface area contributed by atoms with Crippen molar-refractivity contribution in [2.24, 2.45) is 0 Å². The lowest BCUT2D eigenvalue weighted by molar-refractivity contribution is 0.248. The molecule has 21 heavy (non-hydrogen) atoms. The van der Waals surface area contributed by atoms with Crippen molar-refractivity contribution in [1.82, 2.24) is 9.62 Å². The molecule has 0 bridgehead atoms. The topological polar surface area (TPSA) is 75.4 Å². The van der Waals surface area contributed by atoms with Crippen LogP contribution < -0.4 is 10.5 Å². The highest BCUT2D eigenvalue weighted by Crippen LogP contribution is 2.27. The predicted octanol–water partition coefficient (Wildman–Crippen LogP) is 1.65. The van der Waals surface area contributed by atoms with Gasteiger partial charge < -0.3 is 5.73 Å². The number of hydrogen-bond donors (Lipinski definition) is 2. The smallest absolute Gasteiger partial charge is 0.240 e. The van der Waals surface area contributed by atoms with Crippen molar-refractivity contribution in [3.63, 3.8) is 0 Å². The Balaban J connectivity index is 2.11. The quantitative estimate of drug-likeness (QED) is 0.783. The van der Waals surface area contributed by atoms with Gasteiger partial charge in [-0.1, -0.05) is 0 Å². The zero-order chi connectivity index (χ0) is 15.8. The van der Waals surface area contributed by atoms with E-state index in [9.17, 15) is 8.42 Å². The summed E-state index contributed by atoms with van der Waals surface area (Å²) in [4.78, 5) is 2.52. The molecule has 1 saturated carbocycles. The molecule has 2 rings (SSSR count). The molecule has 5 nitrogen and oxygen atoms in total. The SMILES string of the molecule is Cc1cc(N)cc(S(=O)(=O)NCC(C)N(C)C2CC2)c1C. The summed E-state index contributed by atoms with van der Waals surface area (Å²) in [5.41, 5.74) is 7.89. The molecule has 0 spiro atoms. The Morgan fingerprint density at radius 2 is 2.00 bits per heavy atom. The highest BCUT2D eigenvalue weighted by Gasteiger charge is 2.29. The van der Waals surface area contributed by atoms with Crippen LogP contribution in [-0.2, 0) is 10.0 Å². The van der Waals surface area contributed by atoms with Gasteiger partial charge in [0, 0.05) is 24.3 Å². The lowest BCUT2D eigenvalue weighted by atomic mass is 10.1. The monoisotopic (exact) mass is 311 g/mol.